The molecule has 1 unspecified atom stereocenters. The van der Waals surface area contributed by atoms with Gasteiger partial charge in [-0.25, -0.2) is 4.98 Å². The van der Waals surface area contributed by atoms with Crippen molar-refractivity contribution in [2.45, 2.75) is 6.92 Å². The van der Waals surface area contributed by atoms with E-state index in [1.54, 1.807) is 18.3 Å². The Kier molecular flexibility index (Phi) is 7.98. The Labute approximate surface area is 154 Å². The number of benzene rings is 1. The highest BCUT2D eigenvalue weighted by Crippen LogP contribution is 2.21. The molecule has 7 heteroatoms. The van der Waals surface area contributed by atoms with Gasteiger partial charge in [-0.1, -0.05) is 25.1 Å². The van der Waals surface area contributed by atoms with Crippen LogP contribution >= 0.6 is 24.8 Å². The molecule has 0 aliphatic carbocycles. The first-order chi connectivity index (χ1) is 10.7. The quantitative estimate of drug-likeness (QED) is 0.846. The van der Waals surface area contributed by atoms with E-state index in [2.05, 4.69) is 15.6 Å². The number of nitrogens with zero attached hydrogens (tertiary/aromatic N) is 1. The van der Waals surface area contributed by atoms with Gasteiger partial charge in [0, 0.05) is 12.0 Å². The lowest BCUT2D eigenvalue weighted by Gasteiger charge is -2.31. The van der Waals surface area contributed by atoms with Crippen LogP contribution in [0.5, 0.6) is 11.6 Å². The van der Waals surface area contributed by atoms with Crippen LogP contribution in [-0.4, -0.2) is 24.0 Å². The van der Waals surface area contributed by atoms with Gasteiger partial charge in [0.2, 0.25) is 11.8 Å². The molecule has 130 valence electrons. The molecule has 1 aliphatic heterocycles. The van der Waals surface area contributed by atoms with Crippen molar-refractivity contribution in [2.24, 2.45) is 11.8 Å². The fourth-order valence-electron chi connectivity index (χ4n) is 2.26. The Morgan fingerprint density at radius 2 is 1.92 bits per heavy atom. The number of carbonyl (C=O) groups excluding carboxylic acids is 1. The third-order valence-electron chi connectivity index (χ3n) is 3.90. The van der Waals surface area contributed by atoms with Crippen molar-refractivity contribution >= 4 is 36.4 Å². The van der Waals surface area contributed by atoms with E-state index in [0.717, 1.165) is 18.8 Å². The summed E-state index contributed by atoms with van der Waals surface area (Å²) in [5.74, 6) is 1.69. The third-order valence-corrected chi connectivity index (χ3v) is 3.90. The first-order valence-electron chi connectivity index (χ1n) is 7.43. The van der Waals surface area contributed by atoms with E-state index >= 15 is 0 Å². The molecule has 1 aromatic carbocycles. The fraction of sp³-hybridized carbons (Fsp3) is 0.294. The molecule has 0 spiro atoms. The number of hydrogen-bond donors (Lipinski definition) is 2. The van der Waals surface area contributed by atoms with Crippen LogP contribution in [0.15, 0.2) is 48.7 Å². The Balaban J connectivity index is 0.00000144. The maximum absolute atomic E-state index is 12.1. The van der Waals surface area contributed by atoms with Gasteiger partial charge in [-0.2, -0.15) is 0 Å². The van der Waals surface area contributed by atoms with Gasteiger partial charge in [-0.3, -0.25) is 4.79 Å². The van der Waals surface area contributed by atoms with Crippen LogP contribution in [0, 0.1) is 11.8 Å². The Bertz CT molecular complexity index is 634. The zero-order chi connectivity index (χ0) is 15.4. The number of halogens is 2. The summed E-state index contributed by atoms with van der Waals surface area (Å²) in [5.41, 5.74) is 0.685. The number of anilines is 1. The number of pyridine rings is 1. The predicted molar refractivity (Wildman–Crippen MR) is 99.4 cm³/mol. The van der Waals surface area contributed by atoms with Gasteiger partial charge in [0.1, 0.15) is 5.75 Å². The summed E-state index contributed by atoms with van der Waals surface area (Å²) in [6.07, 6.45) is 1.61. The normalized spacial score (nSPS) is 14.4. The van der Waals surface area contributed by atoms with Crippen LogP contribution in [0.4, 0.5) is 5.69 Å². The summed E-state index contributed by atoms with van der Waals surface area (Å²) >= 11 is 0. The first kappa shape index (κ1) is 20.2. The van der Waals surface area contributed by atoms with Gasteiger partial charge in [0.15, 0.2) is 0 Å². The van der Waals surface area contributed by atoms with Crippen molar-refractivity contribution in [2.75, 3.05) is 18.4 Å². The molecule has 1 amide bonds. The molecular formula is C17H21Cl2N3O2. The van der Waals surface area contributed by atoms with Crippen molar-refractivity contribution < 1.29 is 9.53 Å². The molecule has 2 N–H and O–H groups in total. The Hall–Kier alpha value is -1.82. The number of amides is 1. The number of carbonyl (C=O) groups is 1. The third kappa shape index (κ3) is 5.09. The Morgan fingerprint density at radius 1 is 1.21 bits per heavy atom. The van der Waals surface area contributed by atoms with Crippen LogP contribution in [-0.2, 0) is 4.79 Å². The van der Waals surface area contributed by atoms with Crippen molar-refractivity contribution in [3.8, 4) is 11.6 Å². The first-order valence-corrected chi connectivity index (χ1v) is 7.43. The maximum atomic E-state index is 12.1. The number of aromatic nitrogens is 1. The van der Waals surface area contributed by atoms with E-state index in [9.17, 15) is 4.79 Å². The summed E-state index contributed by atoms with van der Waals surface area (Å²) in [5, 5.41) is 6.08. The summed E-state index contributed by atoms with van der Waals surface area (Å²) in [4.78, 5) is 16.3. The van der Waals surface area contributed by atoms with Gasteiger partial charge in [-0.05, 0) is 37.2 Å². The van der Waals surface area contributed by atoms with Gasteiger partial charge >= 0.3 is 0 Å². The van der Waals surface area contributed by atoms with Crippen LogP contribution < -0.4 is 15.4 Å². The highest BCUT2D eigenvalue weighted by atomic mass is 35.5. The van der Waals surface area contributed by atoms with Crippen molar-refractivity contribution in [1.82, 2.24) is 10.3 Å². The average molecular weight is 370 g/mol. The SMILES string of the molecule is CC(C(=O)Nc1ccc(Oc2ccccc2)nc1)C1CNC1.Cl.Cl. The molecule has 2 aromatic rings. The second kappa shape index (κ2) is 9.47. The largest absolute Gasteiger partial charge is 0.439 e. The topological polar surface area (TPSA) is 63.2 Å². The fourth-order valence-corrected chi connectivity index (χ4v) is 2.26. The molecule has 1 aliphatic rings. The van der Waals surface area contributed by atoms with Crippen molar-refractivity contribution in [3.05, 3.63) is 48.7 Å². The number of nitrogens with one attached hydrogen (secondary N) is 2. The minimum Gasteiger partial charge on any atom is -0.439 e. The van der Waals surface area contributed by atoms with E-state index in [-0.39, 0.29) is 36.6 Å². The lowest BCUT2D eigenvalue weighted by molar-refractivity contribution is -0.121. The molecule has 1 fully saturated rings. The number of rotatable bonds is 5. The molecule has 2 heterocycles. The lowest BCUT2D eigenvalue weighted by atomic mass is 9.88. The molecule has 24 heavy (non-hydrogen) atoms. The predicted octanol–water partition coefficient (Wildman–Crippen LogP) is 3.51. The lowest BCUT2D eigenvalue weighted by Crippen LogP contribution is -2.48. The second-order valence-electron chi connectivity index (χ2n) is 5.50. The highest BCUT2D eigenvalue weighted by Gasteiger charge is 2.28. The Morgan fingerprint density at radius 3 is 2.46 bits per heavy atom. The van der Waals surface area contributed by atoms with E-state index < -0.39 is 0 Å². The van der Waals surface area contributed by atoms with Crippen molar-refractivity contribution in [3.63, 3.8) is 0 Å². The molecule has 1 atom stereocenters. The van der Waals surface area contributed by atoms with Crippen LogP contribution in [0.3, 0.4) is 0 Å². The van der Waals surface area contributed by atoms with Gasteiger partial charge in [0.25, 0.3) is 0 Å². The minimum atomic E-state index is 0. The van der Waals surface area contributed by atoms with E-state index in [4.69, 9.17) is 4.74 Å². The molecule has 0 radical (unpaired) electrons. The number of hydrogen-bond acceptors (Lipinski definition) is 4. The van der Waals surface area contributed by atoms with Gasteiger partial charge in [0.05, 0.1) is 11.9 Å². The highest BCUT2D eigenvalue weighted by molar-refractivity contribution is 5.92. The maximum Gasteiger partial charge on any atom is 0.227 e. The molecule has 5 nitrogen and oxygen atoms in total. The summed E-state index contributed by atoms with van der Waals surface area (Å²) in [6.45, 7) is 3.79. The molecule has 1 saturated heterocycles. The molecule has 0 saturated carbocycles. The van der Waals surface area contributed by atoms with E-state index in [1.165, 1.54) is 0 Å². The summed E-state index contributed by atoms with van der Waals surface area (Å²) in [6, 6.07) is 13.0. The van der Waals surface area contributed by atoms with Crippen LogP contribution in [0.1, 0.15) is 6.92 Å². The summed E-state index contributed by atoms with van der Waals surface area (Å²) < 4.78 is 5.62. The van der Waals surface area contributed by atoms with E-state index in [0.29, 0.717) is 17.5 Å². The van der Waals surface area contributed by atoms with Crippen molar-refractivity contribution in [1.29, 1.82) is 0 Å². The summed E-state index contributed by atoms with van der Waals surface area (Å²) in [7, 11) is 0. The monoisotopic (exact) mass is 369 g/mol. The minimum absolute atomic E-state index is 0. The average Bonchev–Trinajstić information content (AvgIpc) is 2.48. The zero-order valence-corrected chi connectivity index (χ0v) is 14.9. The van der Waals surface area contributed by atoms with Crippen LogP contribution in [0.2, 0.25) is 0 Å². The van der Waals surface area contributed by atoms with Gasteiger partial charge in [-0.15, -0.1) is 24.8 Å². The molecule has 1 aromatic heterocycles. The molecule has 0 bridgehead atoms. The molecular weight excluding hydrogens is 349 g/mol. The van der Waals surface area contributed by atoms with Gasteiger partial charge < -0.3 is 15.4 Å². The standard InChI is InChI=1S/C17H19N3O2.2ClH/c1-12(13-9-18-10-13)17(21)20-14-7-8-16(19-11-14)22-15-5-3-2-4-6-15;;/h2-8,11-13,18H,9-10H2,1H3,(H,20,21);2*1H. The number of para-hydroxylation sites is 1. The smallest absolute Gasteiger partial charge is 0.227 e. The second-order valence-corrected chi connectivity index (χ2v) is 5.50. The number of ether oxygens (including phenoxy) is 1. The zero-order valence-electron chi connectivity index (χ0n) is 13.3. The molecule has 3 rings (SSSR count). The van der Waals surface area contributed by atoms with E-state index in [1.807, 2.05) is 37.3 Å². The van der Waals surface area contributed by atoms with Crippen LogP contribution in [0.25, 0.3) is 0 Å².